The first-order valence-electron chi connectivity index (χ1n) is 17.9. The summed E-state index contributed by atoms with van der Waals surface area (Å²) in [4.78, 5) is 0. The lowest BCUT2D eigenvalue weighted by Crippen LogP contribution is -1.98. The fourth-order valence-electron chi connectivity index (χ4n) is 8.73. The average molecular weight is 675 g/mol. The molecular formula is C49H30N4. The molecule has 3 heterocycles. The molecule has 0 amide bonds. The van der Waals surface area contributed by atoms with Crippen LogP contribution in [-0.2, 0) is 0 Å². The summed E-state index contributed by atoms with van der Waals surface area (Å²) in [5, 5.41) is 17.8. The molecule has 8 aromatic carbocycles. The standard InChI is InChI=1S/C49H30N4/c50-31-33-29-32(30-40-37-20-8-12-24-42(37)52(49(33)40)35-17-5-2-6-18-35)36-19-7-11-23-41(36)53-44-26-14-10-22-39(44)48-46(53)28-27-45-47(48)38-21-9-13-25-43(38)51(45)34-15-3-1-4-16-34/h1-30H. The third-order valence-corrected chi connectivity index (χ3v) is 10.8. The van der Waals surface area contributed by atoms with Gasteiger partial charge in [-0.3, -0.25) is 0 Å². The second kappa shape index (κ2) is 11.3. The maximum atomic E-state index is 10.7. The smallest absolute Gasteiger partial charge is 0.101 e. The molecule has 11 rings (SSSR count). The normalized spacial score (nSPS) is 11.8. The van der Waals surface area contributed by atoms with Gasteiger partial charge >= 0.3 is 0 Å². The van der Waals surface area contributed by atoms with Crippen molar-refractivity contribution >= 4 is 65.4 Å². The molecule has 0 aliphatic rings. The van der Waals surface area contributed by atoms with Crippen molar-refractivity contribution in [2.24, 2.45) is 0 Å². The molecule has 0 spiro atoms. The molecule has 0 saturated carbocycles. The number of aromatic nitrogens is 3. The van der Waals surface area contributed by atoms with Crippen molar-refractivity contribution in [3.8, 4) is 34.3 Å². The van der Waals surface area contributed by atoms with Crippen molar-refractivity contribution in [1.82, 2.24) is 13.7 Å². The SMILES string of the molecule is N#Cc1cc(-c2ccccc2-n2c3ccccc3c3c4c5ccccc5n(-c5ccccc5)c4ccc32)cc2c3ccccc3n(-c3ccccc3)c12. The fraction of sp³-hybridized carbons (Fsp3) is 0. The number of rotatable bonds is 4. The van der Waals surface area contributed by atoms with Gasteiger partial charge in [0.15, 0.2) is 0 Å². The van der Waals surface area contributed by atoms with Crippen LogP contribution in [0.3, 0.4) is 0 Å². The number of nitrogens with zero attached hydrogens (tertiary/aromatic N) is 4. The van der Waals surface area contributed by atoms with E-state index in [0.717, 1.165) is 61.0 Å². The van der Waals surface area contributed by atoms with Gasteiger partial charge in [0.25, 0.3) is 0 Å². The van der Waals surface area contributed by atoms with Crippen molar-refractivity contribution in [1.29, 1.82) is 5.26 Å². The fourth-order valence-corrected chi connectivity index (χ4v) is 8.73. The molecule has 4 heteroatoms. The van der Waals surface area contributed by atoms with Gasteiger partial charge in [-0.1, -0.05) is 109 Å². The molecule has 3 aromatic heterocycles. The highest BCUT2D eigenvalue weighted by atomic mass is 15.0. The number of benzene rings is 8. The maximum absolute atomic E-state index is 10.7. The minimum atomic E-state index is 0.644. The number of para-hydroxylation sites is 6. The number of hydrogen-bond donors (Lipinski definition) is 0. The zero-order chi connectivity index (χ0) is 35.0. The molecule has 0 saturated heterocycles. The number of fused-ring (bicyclic) bond motifs is 10. The first kappa shape index (κ1) is 29.4. The first-order chi connectivity index (χ1) is 26.3. The van der Waals surface area contributed by atoms with E-state index in [1.807, 2.05) is 18.2 Å². The quantitative estimate of drug-likeness (QED) is 0.183. The summed E-state index contributed by atoms with van der Waals surface area (Å²) >= 11 is 0. The van der Waals surface area contributed by atoms with E-state index < -0.39 is 0 Å². The molecule has 0 atom stereocenters. The van der Waals surface area contributed by atoms with Crippen LogP contribution in [0.1, 0.15) is 5.56 Å². The van der Waals surface area contributed by atoms with Crippen LogP contribution in [0, 0.1) is 11.3 Å². The highest BCUT2D eigenvalue weighted by Gasteiger charge is 2.23. The predicted molar refractivity (Wildman–Crippen MR) is 220 cm³/mol. The molecule has 0 radical (unpaired) electrons. The van der Waals surface area contributed by atoms with Gasteiger partial charge in [-0.2, -0.15) is 5.26 Å². The Morgan fingerprint density at radius 1 is 0.377 bits per heavy atom. The molecule has 4 nitrogen and oxygen atoms in total. The third-order valence-electron chi connectivity index (χ3n) is 10.8. The van der Waals surface area contributed by atoms with Gasteiger partial charge < -0.3 is 13.7 Å². The van der Waals surface area contributed by atoms with Gasteiger partial charge in [-0.15, -0.1) is 0 Å². The van der Waals surface area contributed by atoms with Crippen LogP contribution >= 0.6 is 0 Å². The number of hydrogen-bond acceptors (Lipinski definition) is 1. The molecule has 0 aliphatic heterocycles. The van der Waals surface area contributed by atoms with Gasteiger partial charge in [-0.25, -0.2) is 0 Å². The lowest BCUT2D eigenvalue weighted by Gasteiger charge is -2.15. The third kappa shape index (κ3) is 4.16. The highest BCUT2D eigenvalue weighted by molar-refractivity contribution is 6.29. The zero-order valence-electron chi connectivity index (χ0n) is 28.6. The van der Waals surface area contributed by atoms with E-state index in [-0.39, 0.29) is 0 Å². The molecule has 0 unspecified atom stereocenters. The summed E-state index contributed by atoms with van der Waals surface area (Å²) in [7, 11) is 0. The topological polar surface area (TPSA) is 38.6 Å². The van der Waals surface area contributed by atoms with E-state index in [4.69, 9.17) is 0 Å². The molecule has 0 fully saturated rings. The Morgan fingerprint density at radius 2 is 0.868 bits per heavy atom. The van der Waals surface area contributed by atoms with Gasteiger partial charge in [0.05, 0.1) is 44.4 Å². The van der Waals surface area contributed by atoms with E-state index in [0.29, 0.717) is 5.56 Å². The molecule has 246 valence electrons. The monoisotopic (exact) mass is 674 g/mol. The Labute approximate surface area is 305 Å². The second-order valence-corrected chi connectivity index (χ2v) is 13.6. The van der Waals surface area contributed by atoms with Crippen molar-refractivity contribution in [3.63, 3.8) is 0 Å². The van der Waals surface area contributed by atoms with Crippen LogP contribution in [0.25, 0.3) is 93.6 Å². The van der Waals surface area contributed by atoms with E-state index in [9.17, 15) is 5.26 Å². The summed E-state index contributed by atoms with van der Waals surface area (Å²) < 4.78 is 7.02. The van der Waals surface area contributed by atoms with Crippen molar-refractivity contribution in [2.75, 3.05) is 0 Å². The number of nitriles is 1. The van der Waals surface area contributed by atoms with E-state index >= 15 is 0 Å². The van der Waals surface area contributed by atoms with Crippen LogP contribution in [0.15, 0.2) is 182 Å². The molecule has 0 N–H and O–H groups in total. The van der Waals surface area contributed by atoms with Gasteiger partial charge in [0.2, 0.25) is 0 Å². The molecule has 53 heavy (non-hydrogen) atoms. The van der Waals surface area contributed by atoms with Crippen LogP contribution in [0.2, 0.25) is 0 Å². The summed E-state index contributed by atoms with van der Waals surface area (Å²) in [6, 6.07) is 67.0. The Morgan fingerprint density at radius 3 is 1.51 bits per heavy atom. The summed E-state index contributed by atoms with van der Waals surface area (Å²) in [6.45, 7) is 0. The van der Waals surface area contributed by atoms with Gasteiger partial charge in [0, 0.05) is 49.3 Å². The van der Waals surface area contributed by atoms with Crippen LogP contribution < -0.4 is 0 Å². The minimum absolute atomic E-state index is 0.644. The predicted octanol–water partition coefficient (Wildman–Crippen LogP) is 12.5. The van der Waals surface area contributed by atoms with Crippen LogP contribution in [0.4, 0.5) is 0 Å². The van der Waals surface area contributed by atoms with E-state index in [2.05, 4.69) is 184 Å². The maximum Gasteiger partial charge on any atom is 0.101 e. The van der Waals surface area contributed by atoms with Crippen molar-refractivity contribution < 1.29 is 0 Å². The Bertz CT molecular complexity index is 3280. The van der Waals surface area contributed by atoms with E-state index in [1.165, 1.54) is 32.6 Å². The first-order valence-corrected chi connectivity index (χ1v) is 17.9. The molecule has 11 aromatic rings. The lowest BCUT2D eigenvalue weighted by atomic mass is 9.98. The Hall–Kier alpha value is -7.35. The second-order valence-electron chi connectivity index (χ2n) is 13.6. The Balaban J connectivity index is 1.22. The van der Waals surface area contributed by atoms with Gasteiger partial charge in [-0.05, 0) is 78.4 Å². The van der Waals surface area contributed by atoms with E-state index in [1.54, 1.807) is 0 Å². The largest absolute Gasteiger partial charge is 0.309 e. The molecule has 0 aliphatic carbocycles. The summed E-state index contributed by atoms with van der Waals surface area (Å²) in [5.74, 6) is 0. The highest BCUT2D eigenvalue weighted by Crippen LogP contribution is 2.44. The lowest BCUT2D eigenvalue weighted by molar-refractivity contribution is 1.17. The Kier molecular flexibility index (Phi) is 6.28. The van der Waals surface area contributed by atoms with Crippen molar-refractivity contribution in [3.05, 3.63) is 188 Å². The van der Waals surface area contributed by atoms with Crippen LogP contribution in [0.5, 0.6) is 0 Å². The molecule has 0 bridgehead atoms. The van der Waals surface area contributed by atoms with Gasteiger partial charge in [0.1, 0.15) is 6.07 Å². The zero-order valence-corrected chi connectivity index (χ0v) is 28.6. The minimum Gasteiger partial charge on any atom is -0.309 e. The summed E-state index contributed by atoms with van der Waals surface area (Å²) in [5.41, 5.74) is 12.6. The van der Waals surface area contributed by atoms with Crippen LogP contribution in [-0.4, -0.2) is 13.7 Å². The average Bonchev–Trinajstić information content (AvgIpc) is 3.87. The van der Waals surface area contributed by atoms with Crippen molar-refractivity contribution in [2.45, 2.75) is 0 Å². The summed E-state index contributed by atoms with van der Waals surface area (Å²) in [6.07, 6.45) is 0. The molecular weight excluding hydrogens is 645 g/mol.